The molecule has 0 bridgehead atoms. The molecule has 0 aromatic carbocycles. The van der Waals surface area contributed by atoms with Gasteiger partial charge >= 0.3 is 6.03 Å². The maximum Gasteiger partial charge on any atom is 0.323 e. The van der Waals surface area contributed by atoms with Gasteiger partial charge in [-0.3, -0.25) is 10.1 Å². The summed E-state index contributed by atoms with van der Waals surface area (Å²) >= 11 is 0. The number of rotatable bonds is 3. The fourth-order valence-electron chi connectivity index (χ4n) is 2.94. The quantitative estimate of drug-likeness (QED) is 0.862. The first kappa shape index (κ1) is 16.9. The lowest BCUT2D eigenvalue weighted by molar-refractivity contribution is -0.123. The Hall–Kier alpha value is -2.97. The van der Waals surface area contributed by atoms with E-state index in [2.05, 4.69) is 20.4 Å². The van der Waals surface area contributed by atoms with Gasteiger partial charge in [-0.05, 0) is 32.8 Å². The first-order valence-corrected chi connectivity index (χ1v) is 8.16. The van der Waals surface area contributed by atoms with Gasteiger partial charge in [-0.15, -0.1) is 0 Å². The number of nitrogens with zero attached hydrogens (tertiary/aromatic N) is 5. The lowest BCUT2D eigenvalue weighted by atomic mass is 9.98. The van der Waals surface area contributed by atoms with E-state index in [1.54, 1.807) is 17.2 Å². The zero-order valence-corrected chi connectivity index (χ0v) is 14.3. The molecular weight excluding hydrogens is 322 g/mol. The van der Waals surface area contributed by atoms with Gasteiger partial charge in [0.25, 0.3) is 5.95 Å². The van der Waals surface area contributed by atoms with Crippen LogP contribution < -0.4 is 11.1 Å². The molecule has 2 aromatic heterocycles. The third-order valence-corrected chi connectivity index (χ3v) is 4.15. The van der Waals surface area contributed by atoms with E-state index in [-0.39, 0.29) is 17.9 Å². The van der Waals surface area contributed by atoms with Crippen LogP contribution in [0.4, 0.5) is 10.6 Å². The number of amides is 3. The number of hydrogen-bond donors (Lipinski definition) is 2. The molecule has 0 aliphatic carbocycles. The predicted molar refractivity (Wildman–Crippen MR) is 91.1 cm³/mol. The van der Waals surface area contributed by atoms with Crippen molar-refractivity contribution >= 4 is 17.8 Å². The number of primary amides is 1. The number of piperidine rings is 1. The maximum absolute atomic E-state index is 12.5. The molecule has 3 rings (SSSR count). The molecule has 1 aliphatic heterocycles. The number of anilines is 1. The van der Waals surface area contributed by atoms with Crippen molar-refractivity contribution in [3.8, 4) is 5.95 Å². The summed E-state index contributed by atoms with van der Waals surface area (Å²) in [5.41, 5.74) is 7.00. The Balaban J connectivity index is 1.77. The van der Waals surface area contributed by atoms with Gasteiger partial charge in [0.05, 0.1) is 12.1 Å². The van der Waals surface area contributed by atoms with Crippen LogP contribution in [0.2, 0.25) is 0 Å². The van der Waals surface area contributed by atoms with Crippen LogP contribution >= 0.6 is 0 Å². The Morgan fingerprint density at radius 3 is 2.68 bits per heavy atom. The molecule has 0 saturated carbocycles. The fourth-order valence-corrected chi connectivity index (χ4v) is 2.94. The second-order valence-electron chi connectivity index (χ2n) is 6.20. The van der Waals surface area contributed by atoms with E-state index in [0.29, 0.717) is 31.3 Å². The maximum atomic E-state index is 12.5. The summed E-state index contributed by atoms with van der Waals surface area (Å²) in [7, 11) is 0. The number of hydrogen-bond acceptors (Lipinski definition) is 5. The summed E-state index contributed by atoms with van der Waals surface area (Å²) in [6.07, 6.45) is 3.03. The molecule has 9 nitrogen and oxygen atoms in total. The van der Waals surface area contributed by atoms with Crippen LogP contribution in [0, 0.1) is 19.8 Å². The van der Waals surface area contributed by atoms with E-state index < -0.39 is 0 Å². The van der Waals surface area contributed by atoms with E-state index in [1.165, 1.54) is 4.68 Å². The minimum Gasteiger partial charge on any atom is -0.369 e. The minimum absolute atomic E-state index is 0.294. The topological polar surface area (TPSA) is 119 Å². The number of carbonyl (C=O) groups excluding carboxylic acids is 2. The van der Waals surface area contributed by atoms with Gasteiger partial charge in [-0.1, -0.05) is 0 Å². The smallest absolute Gasteiger partial charge is 0.323 e. The zero-order valence-electron chi connectivity index (χ0n) is 14.3. The van der Waals surface area contributed by atoms with Crippen molar-refractivity contribution < 1.29 is 9.59 Å². The van der Waals surface area contributed by atoms with Gasteiger partial charge < -0.3 is 10.6 Å². The van der Waals surface area contributed by atoms with E-state index in [0.717, 1.165) is 17.8 Å². The van der Waals surface area contributed by atoms with Gasteiger partial charge in [0, 0.05) is 30.5 Å². The summed E-state index contributed by atoms with van der Waals surface area (Å²) in [6, 6.07) is 3.24. The largest absolute Gasteiger partial charge is 0.369 e. The second-order valence-corrected chi connectivity index (χ2v) is 6.20. The summed E-state index contributed by atoms with van der Waals surface area (Å²) in [5, 5.41) is 7.01. The van der Waals surface area contributed by atoms with Gasteiger partial charge in [0.2, 0.25) is 5.91 Å². The summed E-state index contributed by atoms with van der Waals surface area (Å²) in [6.45, 7) is 4.66. The van der Waals surface area contributed by atoms with Crippen molar-refractivity contribution in [1.29, 1.82) is 0 Å². The van der Waals surface area contributed by atoms with Crippen molar-refractivity contribution in [2.45, 2.75) is 26.7 Å². The van der Waals surface area contributed by atoms with Gasteiger partial charge in [0.15, 0.2) is 0 Å². The van der Waals surface area contributed by atoms with Crippen LogP contribution in [0.5, 0.6) is 0 Å². The lowest BCUT2D eigenvalue weighted by Crippen LogP contribution is -2.46. The Labute approximate surface area is 145 Å². The van der Waals surface area contributed by atoms with Crippen LogP contribution in [-0.4, -0.2) is 49.7 Å². The van der Waals surface area contributed by atoms with Crippen molar-refractivity contribution in [2.24, 2.45) is 11.7 Å². The first-order chi connectivity index (χ1) is 11.9. The predicted octanol–water partition coefficient (Wildman–Crippen LogP) is 1.01. The number of carbonyl (C=O) groups is 2. The minimum atomic E-state index is -0.369. The van der Waals surface area contributed by atoms with Gasteiger partial charge in [-0.2, -0.15) is 9.78 Å². The molecule has 9 heteroatoms. The van der Waals surface area contributed by atoms with E-state index >= 15 is 0 Å². The van der Waals surface area contributed by atoms with Crippen LogP contribution in [0.25, 0.3) is 5.95 Å². The van der Waals surface area contributed by atoms with Crippen molar-refractivity contribution in [1.82, 2.24) is 24.6 Å². The molecular formula is C16H21N7O2. The molecule has 0 radical (unpaired) electrons. The normalized spacial score (nSPS) is 17.4. The third-order valence-electron chi connectivity index (χ3n) is 4.15. The third kappa shape index (κ3) is 3.76. The van der Waals surface area contributed by atoms with Crippen molar-refractivity contribution in [3.63, 3.8) is 0 Å². The first-order valence-electron chi connectivity index (χ1n) is 8.16. The second kappa shape index (κ2) is 6.88. The molecule has 2 aromatic rings. The highest BCUT2D eigenvalue weighted by molar-refractivity contribution is 5.89. The Kier molecular flexibility index (Phi) is 4.64. The molecule has 1 unspecified atom stereocenters. The molecule has 25 heavy (non-hydrogen) atoms. The zero-order chi connectivity index (χ0) is 18.0. The molecule has 132 valence electrons. The van der Waals surface area contributed by atoms with Crippen molar-refractivity contribution in [2.75, 3.05) is 18.4 Å². The fraction of sp³-hybridized carbons (Fsp3) is 0.438. The van der Waals surface area contributed by atoms with Crippen LogP contribution in [0.15, 0.2) is 18.3 Å². The van der Waals surface area contributed by atoms with Crippen molar-refractivity contribution in [3.05, 3.63) is 29.7 Å². The number of urea groups is 1. The highest BCUT2D eigenvalue weighted by Gasteiger charge is 2.27. The number of nitrogens with one attached hydrogen (secondary N) is 1. The number of aromatic nitrogens is 4. The van der Waals surface area contributed by atoms with E-state index in [1.807, 2.05) is 19.9 Å². The van der Waals surface area contributed by atoms with E-state index in [9.17, 15) is 9.59 Å². The lowest BCUT2D eigenvalue weighted by Gasteiger charge is -2.31. The molecule has 3 amide bonds. The summed E-state index contributed by atoms with van der Waals surface area (Å²) in [4.78, 5) is 34.2. The monoisotopic (exact) mass is 343 g/mol. The molecule has 1 saturated heterocycles. The average molecular weight is 343 g/mol. The molecule has 3 heterocycles. The number of nitrogens with two attached hydrogens (primary N) is 1. The van der Waals surface area contributed by atoms with Crippen LogP contribution in [0.1, 0.15) is 24.2 Å². The standard InChI is InChI=1S/C16H21N7O2/c1-10-8-11(2)20-15(19-10)23-13(5-6-18-23)21-16(25)22-7-3-4-12(9-22)14(17)24/h5-6,8,12H,3-4,7,9H2,1-2H3,(H2,17,24)(H,21,25). The molecule has 0 spiro atoms. The summed E-state index contributed by atoms with van der Waals surface area (Å²) < 4.78 is 1.48. The molecule has 1 fully saturated rings. The Morgan fingerprint density at radius 2 is 2.00 bits per heavy atom. The SMILES string of the molecule is Cc1cc(C)nc(-n2nccc2NC(=O)N2CCCC(C(N)=O)C2)n1. The van der Waals surface area contributed by atoms with Crippen LogP contribution in [-0.2, 0) is 4.79 Å². The van der Waals surface area contributed by atoms with Crippen LogP contribution in [0.3, 0.4) is 0 Å². The number of likely N-dealkylation sites (tertiary alicyclic amines) is 1. The summed E-state index contributed by atoms with van der Waals surface area (Å²) in [5.74, 6) is 0.195. The number of aryl methyl sites for hydroxylation is 2. The van der Waals surface area contributed by atoms with E-state index in [4.69, 9.17) is 5.73 Å². The average Bonchev–Trinajstić information content (AvgIpc) is 3.02. The molecule has 1 atom stereocenters. The Bertz CT molecular complexity index is 781. The highest BCUT2D eigenvalue weighted by atomic mass is 16.2. The van der Waals surface area contributed by atoms with Gasteiger partial charge in [-0.25, -0.2) is 14.8 Å². The Morgan fingerprint density at radius 1 is 1.28 bits per heavy atom. The highest BCUT2D eigenvalue weighted by Crippen LogP contribution is 2.18. The molecule has 1 aliphatic rings. The molecule has 3 N–H and O–H groups in total. The van der Waals surface area contributed by atoms with Gasteiger partial charge in [0.1, 0.15) is 5.82 Å².